The number of aromatic nitrogens is 2. The van der Waals surface area contributed by atoms with Gasteiger partial charge in [-0.05, 0) is 37.4 Å². The number of nitrogens with zero attached hydrogens (tertiary/aromatic N) is 3. The van der Waals surface area contributed by atoms with Gasteiger partial charge in [0.25, 0.3) is 5.91 Å². The van der Waals surface area contributed by atoms with Crippen molar-refractivity contribution in [2.45, 2.75) is 12.8 Å². The molecule has 5 heteroatoms. The largest absolute Gasteiger partial charge is 0.338 e. The molecular formula is C20H22N4O. The van der Waals surface area contributed by atoms with Gasteiger partial charge in [0.05, 0.1) is 11.3 Å². The van der Waals surface area contributed by atoms with Crippen LogP contribution in [0.5, 0.6) is 0 Å². The Labute approximate surface area is 147 Å². The van der Waals surface area contributed by atoms with E-state index in [1.807, 2.05) is 64.2 Å². The standard InChI is InChI=1S/C20H22N4O/c21-11-15-5-4-10-23(12-15)20(25)17-8-9-19-22-18(14-24(19)13-17)16-6-2-1-3-7-16/h1-3,6-9,13-15H,4-5,10-12,21H2/t15-/m1/s1. The Kier molecular flexibility index (Phi) is 4.24. The molecule has 1 atom stereocenters. The fraction of sp³-hybridized carbons (Fsp3) is 0.300. The van der Waals surface area contributed by atoms with Gasteiger partial charge < -0.3 is 15.0 Å². The van der Waals surface area contributed by atoms with E-state index in [2.05, 4.69) is 4.98 Å². The summed E-state index contributed by atoms with van der Waals surface area (Å²) in [5.74, 6) is 0.495. The normalized spacial score (nSPS) is 17.8. The van der Waals surface area contributed by atoms with E-state index in [0.717, 1.165) is 42.8 Å². The molecule has 0 saturated carbocycles. The Bertz CT molecular complexity index is 887. The summed E-state index contributed by atoms with van der Waals surface area (Å²) in [6.07, 6.45) is 5.99. The van der Waals surface area contributed by atoms with Crippen LogP contribution in [0.2, 0.25) is 0 Å². The highest BCUT2D eigenvalue weighted by Crippen LogP contribution is 2.21. The summed E-state index contributed by atoms with van der Waals surface area (Å²) in [6.45, 7) is 2.21. The maximum absolute atomic E-state index is 12.8. The van der Waals surface area contributed by atoms with E-state index in [-0.39, 0.29) is 5.91 Å². The third kappa shape index (κ3) is 3.15. The fourth-order valence-electron chi connectivity index (χ4n) is 3.49. The topological polar surface area (TPSA) is 63.6 Å². The van der Waals surface area contributed by atoms with E-state index >= 15 is 0 Å². The average molecular weight is 334 g/mol. The zero-order chi connectivity index (χ0) is 17.2. The molecule has 1 aliphatic rings. The van der Waals surface area contributed by atoms with Gasteiger partial charge >= 0.3 is 0 Å². The molecule has 25 heavy (non-hydrogen) atoms. The van der Waals surface area contributed by atoms with Gasteiger partial charge in [-0.3, -0.25) is 4.79 Å². The number of carbonyl (C=O) groups excluding carboxylic acids is 1. The molecule has 0 spiro atoms. The number of nitrogens with two attached hydrogens (primary N) is 1. The molecule has 1 saturated heterocycles. The summed E-state index contributed by atoms with van der Waals surface area (Å²) >= 11 is 0. The first-order valence-electron chi connectivity index (χ1n) is 8.78. The van der Waals surface area contributed by atoms with Crippen molar-refractivity contribution < 1.29 is 4.79 Å². The van der Waals surface area contributed by atoms with Gasteiger partial charge in [-0.2, -0.15) is 0 Å². The lowest BCUT2D eigenvalue weighted by atomic mass is 9.98. The minimum absolute atomic E-state index is 0.0787. The van der Waals surface area contributed by atoms with E-state index in [9.17, 15) is 4.79 Å². The number of pyridine rings is 1. The molecule has 0 radical (unpaired) electrons. The maximum Gasteiger partial charge on any atom is 0.255 e. The van der Waals surface area contributed by atoms with Gasteiger partial charge in [-0.15, -0.1) is 0 Å². The summed E-state index contributed by atoms with van der Waals surface area (Å²) in [5, 5.41) is 0. The molecule has 1 amide bonds. The Morgan fingerprint density at radius 1 is 1.16 bits per heavy atom. The third-order valence-electron chi connectivity index (χ3n) is 4.91. The number of rotatable bonds is 3. The molecule has 128 valence electrons. The molecule has 1 fully saturated rings. The molecule has 3 aromatic rings. The van der Waals surface area contributed by atoms with Crippen LogP contribution < -0.4 is 5.73 Å². The number of benzene rings is 1. The zero-order valence-corrected chi connectivity index (χ0v) is 14.1. The molecule has 1 aliphatic heterocycles. The lowest BCUT2D eigenvalue weighted by molar-refractivity contribution is 0.0677. The predicted molar refractivity (Wildman–Crippen MR) is 98.3 cm³/mol. The SMILES string of the molecule is NC[C@H]1CCCN(C(=O)c2ccc3nc(-c4ccccc4)cn3c2)C1. The Morgan fingerprint density at radius 3 is 2.80 bits per heavy atom. The number of amides is 1. The second-order valence-corrected chi connectivity index (χ2v) is 6.67. The van der Waals surface area contributed by atoms with Crippen LogP contribution in [0.3, 0.4) is 0 Å². The van der Waals surface area contributed by atoms with Crippen LogP contribution >= 0.6 is 0 Å². The number of imidazole rings is 1. The van der Waals surface area contributed by atoms with Gasteiger partial charge in [0.2, 0.25) is 0 Å². The third-order valence-corrected chi connectivity index (χ3v) is 4.91. The van der Waals surface area contributed by atoms with Crippen LogP contribution in [-0.2, 0) is 0 Å². The minimum atomic E-state index is 0.0787. The molecule has 1 aromatic carbocycles. The monoisotopic (exact) mass is 334 g/mol. The van der Waals surface area contributed by atoms with Crippen molar-refractivity contribution in [2.24, 2.45) is 11.7 Å². The van der Waals surface area contributed by atoms with E-state index in [4.69, 9.17) is 5.73 Å². The Morgan fingerprint density at radius 2 is 2.00 bits per heavy atom. The fourth-order valence-corrected chi connectivity index (χ4v) is 3.49. The lowest BCUT2D eigenvalue weighted by Crippen LogP contribution is -2.42. The molecule has 4 rings (SSSR count). The van der Waals surface area contributed by atoms with Crippen molar-refractivity contribution in [3.63, 3.8) is 0 Å². The second-order valence-electron chi connectivity index (χ2n) is 6.67. The smallest absolute Gasteiger partial charge is 0.255 e. The van der Waals surface area contributed by atoms with Crippen LogP contribution in [0.15, 0.2) is 54.9 Å². The first kappa shape index (κ1) is 15.8. The summed E-state index contributed by atoms with van der Waals surface area (Å²) in [7, 11) is 0. The quantitative estimate of drug-likeness (QED) is 0.801. The van der Waals surface area contributed by atoms with Gasteiger partial charge in [-0.25, -0.2) is 4.98 Å². The highest BCUT2D eigenvalue weighted by Gasteiger charge is 2.24. The first-order valence-corrected chi connectivity index (χ1v) is 8.78. The van der Waals surface area contributed by atoms with Crippen LogP contribution in [0.1, 0.15) is 23.2 Å². The van der Waals surface area contributed by atoms with Gasteiger partial charge in [0, 0.05) is 31.0 Å². The molecule has 3 heterocycles. The number of piperidine rings is 1. The summed E-state index contributed by atoms with van der Waals surface area (Å²) in [5.41, 5.74) is 9.30. The lowest BCUT2D eigenvalue weighted by Gasteiger charge is -2.32. The molecule has 5 nitrogen and oxygen atoms in total. The number of fused-ring (bicyclic) bond motifs is 1. The second kappa shape index (κ2) is 6.69. The molecule has 0 bridgehead atoms. The molecular weight excluding hydrogens is 312 g/mol. The Balaban J connectivity index is 1.61. The first-order chi connectivity index (χ1) is 12.2. The predicted octanol–water partition coefficient (Wildman–Crippen LogP) is 2.81. The van der Waals surface area contributed by atoms with Gasteiger partial charge in [0.1, 0.15) is 5.65 Å². The van der Waals surface area contributed by atoms with E-state index in [1.54, 1.807) is 0 Å². The Hall–Kier alpha value is -2.66. The number of hydrogen-bond acceptors (Lipinski definition) is 3. The minimum Gasteiger partial charge on any atom is -0.338 e. The van der Waals surface area contributed by atoms with Crippen molar-refractivity contribution in [3.05, 3.63) is 60.4 Å². The van der Waals surface area contributed by atoms with Crippen LogP contribution in [-0.4, -0.2) is 39.8 Å². The van der Waals surface area contributed by atoms with Crippen molar-refractivity contribution in [3.8, 4) is 11.3 Å². The molecule has 2 aromatic heterocycles. The van der Waals surface area contributed by atoms with E-state index in [0.29, 0.717) is 18.0 Å². The summed E-state index contributed by atoms with van der Waals surface area (Å²) < 4.78 is 1.93. The van der Waals surface area contributed by atoms with Gasteiger partial charge in [0.15, 0.2) is 0 Å². The van der Waals surface area contributed by atoms with Gasteiger partial charge in [-0.1, -0.05) is 30.3 Å². The van der Waals surface area contributed by atoms with Crippen LogP contribution in [0.25, 0.3) is 16.9 Å². The molecule has 0 aliphatic carbocycles. The van der Waals surface area contributed by atoms with Crippen LogP contribution in [0, 0.1) is 5.92 Å². The highest BCUT2D eigenvalue weighted by molar-refractivity contribution is 5.94. The van der Waals surface area contributed by atoms with Crippen LogP contribution in [0.4, 0.5) is 0 Å². The molecule has 0 unspecified atom stereocenters. The number of carbonyl (C=O) groups is 1. The molecule has 2 N–H and O–H groups in total. The summed E-state index contributed by atoms with van der Waals surface area (Å²) in [6, 6.07) is 13.8. The van der Waals surface area contributed by atoms with Crippen molar-refractivity contribution >= 4 is 11.6 Å². The summed E-state index contributed by atoms with van der Waals surface area (Å²) in [4.78, 5) is 19.4. The van der Waals surface area contributed by atoms with Crippen molar-refractivity contribution in [1.82, 2.24) is 14.3 Å². The zero-order valence-electron chi connectivity index (χ0n) is 14.1. The number of hydrogen-bond donors (Lipinski definition) is 1. The maximum atomic E-state index is 12.8. The van der Waals surface area contributed by atoms with Crippen molar-refractivity contribution in [2.75, 3.05) is 19.6 Å². The van der Waals surface area contributed by atoms with Crippen molar-refractivity contribution in [1.29, 1.82) is 0 Å². The van der Waals surface area contributed by atoms with E-state index in [1.165, 1.54) is 0 Å². The van der Waals surface area contributed by atoms with E-state index < -0.39 is 0 Å². The highest BCUT2D eigenvalue weighted by atomic mass is 16.2. The average Bonchev–Trinajstić information content (AvgIpc) is 3.11. The number of likely N-dealkylation sites (tertiary alicyclic amines) is 1.